The van der Waals surface area contributed by atoms with Gasteiger partial charge in [-0.2, -0.15) is 0 Å². The third-order valence-electron chi connectivity index (χ3n) is 6.34. The molecule has 0 bridgehead atoms. The van der Waals surface area contributed by atoms with Gasteiger partial charge < -0.3 is 13.7 Å². The fourth-order valence-corrected chi connectivity index (χ4v) is 4.82. The van der Waals surface area contributed by atoms with Crippen LogP contribution in [0, 0.1) is 0 Å². The van der Waals surface area contributed by atoms with E-state index in [1.807, 2.05) is 66.7 Å². The van der Waals surface area contributed by atoms with Crippen LogP contribution in [-0.4, -0.2) is 13.7 Å². The van der Waals surface area contributed by atoms with Crippen molar-refractivity contribution >= 4 is 10.9 Å². The number of hydrogen-bond acceptors (Lipinski definition) is 4. The lowest BCUT2D eigenvalue weighted by Crippen LogP contribution is -2.37. The van der Waals surface area contributed by atoms with Crippen molar-refractivity contribution in [1.29, 1.82) is 0 Å². The molecular weight excluding hydrogens is 418 g/mol. The largest absolute Gasteiger partial charge is 0.466 e. The van der Waals surface area contributed by atoms with Crippen molar-refractivity contribution in [3.05, 3.63) is 111 Å². The Morgan fingerprint density at radius 1 is 0.879 bits per heavy atom. The zero-order valence-electron chi connectivity index (χ0n) is 18.2. The maximum absolute atomic E-state index is 13.6. The second-order valence-corrected chi connectivity index (χ2v) is 8.20. The molecule has 1 aliphatic heterocycles. The van der Waals surface area contributed by atoms with E-state index < -0.39 is 11.8 Å². The van der Waals surface area contributed by atoms with Gasteiger partial charge >= 0.3 is 5.69 Å². The Labute approximate surface area is 188 Å². The zero-order chi connectivity index (χ0) is 22.7. The zero-order valence-corrected chi connectivity index (χ0v) is 18.2. The van der Waals surface area contributed by atoms with Crippen LogP contribution >= 0.6 is 0 Å². The first kappa shape index (κ1) is 19.6. The molecule has 4 heterocycles. The van der Waals surface area contributed by atoms with Crippen LogP contribution in [0.4, 0.5) is 0 Å². The third kappa shape index (κ3) is 2.72. The Balaban J connectivity index is 1.90. The van der Waals surface area contributed by atoms with E-state index >= 15 is 0 Å². The summed E-state index contributed by atoms with van der Waals surface area (Å²) < 4.78 is 16.9. The summed E-state index contributed by atoms with van der Waals surface area (Å²) in [4.78, 5) is 26.6. The highest BCUT2D eigenvalue weighted by atomic mass is 16.5. The molecule has 0 spiro atoms. The quantitative estimate of drug-likeness (QED) is 0.418. The molecule has 0 radical (unpaired) electrons. The number of nitrogens with zero attached hydrogens (tertiary/aromatic N) is 3. The van der Waals surface area contributed by atoms with Crippen molar-refractivity contribution in [3.8, 4) is 16.9 Å². The van der Waals surface area contributed by atoms with E-state index in [9.17, 15) is 9.59 Å². The highest BCUT2D eigenvalue weighted by molar-refractivity contribution is 5.97. The monoisotopic (exact) mass is 439 g/mol. The van der Waals surface area contributed by atoms with Gasteiger partial charge in [0.25, 0.3) is 5.56 Å². The number of furan rings is 1. The summed E-state index contributed by atoms with van der Waals surface area (Å²) in [6.07, 6.45) is 0.993. The average Bonchev–Trinajstić information content (AvgIpc) is 3.46. The predicted octanol–water partition coefficient (Wildman–Crippen LogP) is 3.91. The number of fused-ring (bicyclic) bond motifs is 5. The summed E-state index contributed by atoms with van der Waals surface area (Å²) in [6.45, 7) is 0.359. The fraction of sp³-hybridized carbons (Fsp3) is 0.154. The molecule has 3 aromatic heterocycles. The lowest BCUT2D eigenvalue weighted by molar-refractivity contribution is 0.0533. The van der Waals surface area contributed by atoms with E-state index in [4.69, 9.17) is 9.15 Å². The number of ether oxygens (including phenoxy) is 1. The maximum Gasteiger partial charge on any atom is 0.331 e. The maximum atomic E-state index is 13.6. The molecule has 0 aliphatic carbocycles. The summed E-state index contributed by atoms with van der Waals surface area (Å²) in [7, 11) is 3.20. The first-order chi connectivity index (χ1) is 16.1. The van der Waals surface area contributed by atoms with E-state index in [-0.39, 0.29) is 5.56 Å². The number of para-hydroxylation sites is 1. The molecule has 0 amide bonds. The normalized spacial score (nSPS) is 15.3. The molecule has 0 saturated carbocycles. The molecule has 6 rings (SSSR count). The standard InChI is InChI=1S/C26H21N3O4/c1-27-22-20(25(30)28(2)26(27)31)21(16-9-4-3-5-10-16)29-18-12-7-6-11-17(18)15-33-24(23(22)29)19-13-8-14-32-19/h3-14,24H,15H2,1-2H3. The minimum atomic E-state index is -0.606. The van der Waals surface area contributed by atoms with Gasteiger partial charge in [-0.3, -0.25) is 13.9 Å². The smallest absolute Gasteiger partial charge is 0.331 e. The van der Waals surface area contributed by atoms with Gasteiger partial charge in [0.15, 0.2) is 6.10 Å². The predicted molar refractivity (Wildman–Crippen MR) is 125 cm³/mol. The van der Waals surface area contributed by atoms with E-state index in [1.165, 1.54) is 11.6 Å². The lowest BCUT2D eigenvalue weighted by Gasteiger charge is -2.17. The van der Waals surface area contributed by atoms with Gasteiger partial charge in [0.05, 0.1) is 40.8 Å². The number of rotatable bonds is 2. The summed E-state index contributed by atoms with van der Waals surface area (Å²) in [6, 6.07) is 21.4. The number of hydrogen-bond donors (Lipinski definition) is 0. The molecule has 0 fully saturated rings. The van der Waals surface area contributed by atoms with Gasteiger partial charge in [0.1, 0.15) is 5.76 Å². The number of aromatic nitrogens is 3. The van der Waals surface area contributed by atoms with Gasteiger partial charge in [0, 0.05) is 19.7 Å². The Morgan fingerprint density at radius 2 is 1.64 bits per heavy atom. The van der Waals surface area contributed by atoms with Crippen molar-refractivity contribution in [2.75, 3.05) is 0 Å². The summed E-state index contributed by atoms with van der Waals surface area (Å²) in [5, 5.41) is 0.470. The van der Waals surface area contributed by atoms with Crippen molar-refractivity contribution in [2.45, 2.75) is 12.7 Å². The second kappa shape index (κ2) is 7.21. The molecule has 5 aromatic rings. The van der Waals surface area contributed by atoms with Crippen LogP contribution in [0.5, 0.6) is 0 Å². The minimum Gasteiger partial charge on any atom is -0.466 e. The van der Waals surface area contributed by atoms with Crippen LogP contribution in [0.2, 0.25) is 0 Å². The minimum absolute atomic E-state index is 0.344. The lowest BCUT2D eigenvalue weighted by atomic mass is 10.1. The molecule has 33 heavy (non-hydrogen) atoms. The molecule has 2 aromatic carbocycles. The first-order valence-electron chi connectivity index (χ1n) is 10.7. The van der Waals surface area contributed by atoms with Gasteiger partial charge in [-0.1, -0.05) is 48.5 Å². The second-order valence-electron chi connectivity index (χ2n) is 8.20. The fourth-order valence-electron chi connectivity index (χ4n) is 4.82. The highest BCUT2D eigenvalue weighted by Gasteiger charge is 2.35. The molecular formula is C26H21N3O4. The SMILES string of the molecule is Cn1c(=O)c2c(-c3ccccc3)n3c(c2n(C)c1=O)C(c1ccco1)OCc1ccccc1-3. The third-order valence-corrected chi connectivity index (χ3v) is 6.34. The number of aryl methyl sites for hydroxylation is 1. The van der Waals surface area contributed by atoms with Crippen LogP contribution in [-0.2, 0) is 25.4 Å². The molecule has 7 nitrogen and oxygen atoms in total. The van der Waals surface area contributed by atoms with E-state index in [2.05, 4.69) is 4.57 Å². The molecule has 7 heteroatoms. The van der Waals surface area contributed by atoms with Gasteiger partial charge in [-0.05, 0) is 23.8 Å². The van der Waals surface area contributed by atoms with E-state index in [0.29, 0.717) is 29.0 Å². The molecule has 1 atom stereocenters. The Morgan fingerprint density at radius 3 is 2.39 bits per heavy atom. The van der Waals surface area contributed by atoms with E-state index in [1.54, 1.807) is 13.3 Å². The summed E-state index contributed by atoms with van der Waals surface area (Å²) in [5.74, 6) is 0.608. The van der Waals surface area contributed by atoms with Gasteiger partial charge in [0.2, 0.25) is 0 Å². The Kier molecular flexibility index (Phi) is 4.28. The van der Waals surface area contributed by atoms with Crippen molar-refractivity contribution in [3.63, 3.8) is 0 Å². The van der Waals surface area contributed by atoms with E-state index in [0.717, 1.165) is 27.1 Å². The van der Waals surface area contributed by atoms with Crippen LogP contribution in [0.25, 0.3) is 27.8 Å². The van der Waals surface area contributed by atoms with Crippen LogP contribution in [0.1, 0.15) is 23.1 Å². The van der Waals surface area contributed by atoms with Crippen molar-refractivity contribution < 1.29 is 9.15 Å². The summed E-state index contributed by atoms with van der Waals surface area (Å²) >= 11 is 0. The molecule has 0 N–H and O–H groups in total. The molecule has 1 aliphatic rings. The van der Waals surface area contributed by atoms with Crippen LogP contribution in [0.15, 0.2) is 87.0 Å². The molecule has 1 unspecified atom stereocenters. The highest BCUT2D eigenvalue weighted by Crippen LogP contribution is 2.43. The molecule has 164 valence electrons. The van der Waals surface area contributed by atoms with Gasteiger partial charge in [-0.25, -0.2) is 4.79 Å². The van der Waals surface area contributed by atoms with Crippen molar-refractivity contribution in [2.24, 2.45) is 14.1 Å². The van der Waals surface area contributed by atoms with Gasteiger partial charge in [-0.15, -0.1) is 0 Å². The Hall–Kier alpha value is -4.10. The first-order valence-corrected chi connectivity index (χ1v) is 10.7. The topological polar surface area (TPSA) is 71.3 Å². The van der Waals surface area contributed by atoms with Crippen LogP contribution in [0.3, 0.4) is 0 Å². The van der Waals surface area contributed by atoms with Crippen molar-refractivity contribution in [1.82, 2.24) is 13.7 Å². The average molecular weight is 439 g/mol. The van der Waals surface area contributed by atoms with Crippen LogP contribution < -0.4 is 11.2 Å². The Bertz CT molecular complexity index is 1620. The summed E-state index contributed by atoms with van der Waals surface area (Å²) in [5.41, 5.74) is 3.99. The molecule has 0 saturated heterocycles. The number of benzene rings is 2.